The van der Waals surface area contributed by atoms with E-state index in [1.807, 2.05) is 0 Å². The fraction of sp³-hybridized carbons (Fsp3) is 0.500. The van der Waals surface area contributed by atoms with E-state index in [9.17, 15) is 9.18 Å². The average molecular weight is 252 g/mol. The van der Waals surface area contributed by atoms with Gasteiger partial charge in [-0.05, 0) is 30.5 Å². The molecule has 0 bridgehead atoms. The van der Waals surface area contributed by atoms with Crippen LogP contribution in [0, 0.1) is 11.7 Å². The molecule has 1 aromatic carbocycles. The van der Waals surface area contributed by atoms with Crippen molar-refractivity contribution in [2.75, 3.05) is 12.3 Å². The molecule has 3 nitrogen and oxygen atoms in total. The summed E-state index contributed by atoms with van der Waals surface area (Å²) in [5, 5.41) is 2.80. The number of nitrogen functional groups attached to an aromatic ring is 1. The first-order valence-electron chi connectivity index (χ1n) is 6.34. The van der Waals surface area contributed by atoms with Gasteiger partial charge in [0.25, 0.3) is 5.91 Å². The molecule has 0 heterocycles. The van der Waals surface area contributed by atoms with Gasteiger partial charge in [-0.25, -0.2) is 4.39 Å². The number of benzene rings is 1. The standard InChI is InChI=1S/C14H21FN2O/c1-10(2)5-3-4-8-17-14(18)11-6-7-12(15)13(16)9-11/h6-7,9-10H,3-5,8,16H2,1-2H3,(H,17,18). The molecule has 0 spiro atoms. The van der Waals surface area contributed by atoms with Gasteiger partial charge < -0.3 is 11.1 Å². The molecule has 0 fully saturated rings. The Morgan fingerprint density at radius 3 is 2.72 bits per heavy atom. The first-order chi connectivity index (χ1) is 8.50. The summed E-state index contributed by atoms with van der Waals surface area (Å²) in [6, 6.07) is 4.01. The molecule has 0 aliphatic rings. The Kier molecular flexibility index (Phi) is 5.62. The molecule has 3 N–H and O–H groups in total. The van der Waals surface area contributed by atoms with Gasteiger partial charge in [0.05, 0.1) is 5.69 Å². The molecule has 0 radical (unpaired) electrons. The van der Waals surface area contributed by atoms with E-state index in [1.54, 1.807) is 0 Å². The first-order valence-corrected chi connectivity index (χ1v) is 6.34. The van der Waals surface area contributed by atoms with Crippen LogP contribution < -0.4 is 11.1 Å². The monoisotopic (exact) mass is 252 g/mol. The SMILES string of the molecule is CC(C)CCCCNC(=O)c1ccc(F)c(N)c1. The molecule has 1 amide bonds. The highest BCUT2D eigenvalue weighted by Crippen LogP contribution is 2.12. The maximum atomic E-state index is 12.9. The molecular formula is C14H21FN2O. The minimum atomic E-state index is -0.497. The summed E-state index contributed by atoms with van der Waals surface area (Å²) in [5.41, 5.74) is 5.82. The molecule has 0 aromatic heterocycles. The van der Waals surface area contributed by atoms with Gasteiger partial charge in [0.15, 0.2) is 0 Å². The molecule has 0 unspecified atom stereocenters. The number of hydrogen-bond donors (Lipinski definition) is 2. The lowest BCUT2D eigenvalue weighted by molar-refractivity contribution is 0.0953. The number of amides is 1. The van der Waals surface area contributed by atoms with E-state index in [0.29, 0.717) is 18.0 Å². The van der Waals surface area contributed by atoms with Crippen LogP contribution >= 0.6 is 0 Å². The van der Waals surface area contributed by atoms with Crippen molar-refractivity contribution >= 4 is 11.6 Å². The summed E-state index contributed by atoms with van der Waals surface area (Å²) in [6.45, 7) is 5.00. The second kappa shape index (κ2) is 6.99. The van der Waals surface area contributed by atoms with Gasteiger partial charge in [0.2, 0.25) is 0 Å². The van der Waals surface area contributed by atoms with Crippen molar-refractivity contribution < 1.29 is 9.18 Å². The molecule has 1 rings (SSSR count). The highest BCUT2D eigenvalue weighted by molar-refractivity contribution is 5.94. The molecule has 0 saturated carbocycles. The van der Waals surface area contributed by atoms with Crippen LogP contribution in [-0.2, 0) is 0 Å². The normalized spacial score (nSPS) is 10.7. The van der Waals surface area contributed by atoms with Gasteiger partial charge in [-0.3, -0.25) is 4.79 Å². The van der Waals surface area contributed by atoms with Gasteiger partial charge in [-0.1, -0.05) is 26.7 Å². The van der Waals surface area contributed by atoms with Gasteiger partial charge in [0.1, 0.15) is 5.82 Å². The number of nitrogens with two attached hydrogens (primary N) is 1. The van der Waals surface area contributed by atoms with Crippen LogP contribution in [0.2, 0.25) is 0 Å². The van der Waals surface area contributed by atoms with Crippen molar-refractivity contribution in [3.8, 4) is 0 Å². The van der Waals surface area contributed by atoms with Gasteiger partial charge in [-0.15, -0.1) is 0 Å². The number of hydrogen-bond acceptors (Lipinski definition) is 2. The van der Waals surface area contributed by atoms with Crippen LogP contribution in [-0.4, -0.2) is 12.5 Å². The smallest absolute Gasteiger partial charge is 0.251 e. The third-order valence-electron chi connectivity index (χ3n) is 2.75. The Bertz CT molecular complexity index is 405. The molecule has 0 aliphatic carbocycles. The van der Waals surface area contributed by atoms with E-state index >= 15 is 0 Å². The zero-order valence-electron chi connectivity index (χ0n) is 11.0. The van der Waals surface area contributed by atoms with Crippen LogP contribution in [0.4, 0.5) is 10.1 Å². The van der Waals surface area contributed by atoms with Gasteiger partial charge in [-0.2, -0.15) is 0 Å². The Balaban J connectivity index is 2.34. The summed E-state index contributed by atoms with van der Waals surface area (Å²) >= 11 is 0. The van der Waals surface area contributed by atoms with Crippen LogP contribution in [0.25, 0.3) is 0 Å². The Morgan fingerprint density at radius 2 is 2.11 bits per heavy atom. The molecule has 100 valence electrons. The minimum absolute atomic E-state index is 0.00228. The fourth-order valence-electron chi connectivity index (χ4n) is 1.67. The maximum Gasteiger partial charge on any atom is 0.251 e. The molecule has 4 heteroatoms. The Morgan fingerprint density at radius 1 is 1.39 bits per heavy atom. The number of nitrogens with one attached hydrogen (secondary N) is 1. The Labute approximate surface area is 108 Å². The largest absolute Gasteiger partial charge is 0.396 e. The first kappa shape index (κ1) is 14.5. The van der Waals surface area contributed by atoms with Crippen molar-refractivity contribution in [2.45, 2.75) is 33.1 Å². The summed E-state index contributed by atoms with van der Waals surface area (Å²) in [4.78, 5) is 11.7. The van der Waals surface area contributed by atoms with Crippen molar-refractivity contribution in [3.63, 3.8) is 0 Å². The molecule has 1 aromatic rings. The highest BCUT2D eigenvalue weighted by Gasteiger charge is 2.07. The molecule has 18 heavy (non-hydrogen) atoms. The second-order valence-corrected chi connectivity index (χ2v) is 4.88. The molecule has 0 saturated heterocycles. The van der Waals surface area contributed by atoms with Crippen molar-refractivity contribution in [1.82, 2.24) is 5.32 Å². The molecule has 0 atom stereocenters. The van der Waals surface area contributed by atoms with Crippen molar-refractivity contribution in [2.24, 2.45) is 5.92 Å². The van der Waals surface area contributed by atoms with Gasteiger partial charge >= 0.3 is 0 Å². The fourth-order valence-corrected chi connectivity index (χ4v) is 1.67. The van der Waals surface area contributed by atoms with E-state index < -0.39 is 5.82 Å². The average Bonchev–Trinajstić information content (AvgIpc) is 2.31. The molecule has 0 aliphatic heterocycles. The Hall–Kier alpha value is -1.58. The van der Waals surface area contributed by atoms with Gasteiger partial charge in [0, 0.05) is 12.1 Å². The predicted molar refractivity (Wildman–Crippen MR) is 71.8 cm³/mol. The van der Waals surface area contributed by atoms with Crippen molar-refractivity contribution in [1.29, 1.82) is 0 Å². The summed E-state index contributed by atoms with van der Waals surface area (Å²) < 4.78 is 12.9. The zero-order valence-corrected chi connectivity index (χ0v) is 11.0. The lowest BCUT2D eigenvalue weighted by Crippen LogP contribution is -2.24. The number of halogens is 1. The predicted octanol–water partition coefficient (Wildman–Crippen LogP) is 2.96. The zero-order chi connectivity index (χ0) is 13.5. The van der Waals surface area contributed by atoms with E-state index in [4.69, 9.17) is 5.73 Å². The number of rotatable bonds is 6. The second-order valence-electron chi connectivity index (χ2n) is 4.88. The lowest BCUT2D eigenvalue weighted by Gasteiger charge is -2.07. The highest BCUT2D eigenvalue weighted by atomic mass is 19.1. The summed E-state index contributed by atoms with van der Waals surface area (Å²) in [7, 11) is 0. The van der Waals surface area contributed by atoms with E-state index in [-0.39, 0.29) is 11.6 Å². The quantitative estimate of drug-likeness (QED) is 0.604. The molecular weight excluding hydrogens is 231 g/mol. The lowest BCUT2D eigenvalue weighted by atomic mass is 10.1. The van der Waals surface area contributed by atoms with E-state index in [2.05, 4.69) is 19.2 Å². The van der Waals surface area contributed by atoms with Crippen LogP contribution in [0.15, 0.2) is 18.2 Å². The van der Waals surface area contributed by atoms with Crippen molar-refractivity contribution in [3.05, 3.63) is 29.6 Å². The number of unbranched alkanes of at least 4 members (excludes halogenated alkanes) is 1. The third-order valence-corrected chi connectivity index (χ3v) is 2.75. The summed E-state index contributed by atoms with van der Waals surface area (Å²) in [5.74, 6) is -0.00710. The summed E-state index contributed by atoms with van der Waals surface area (Å²) in [6.07, 6.45) is 3.23. The maximum absolute atomic E-state index is 12.9. The third kappa shape index (κ3) is 4.73. The van der Waals surface area contributed by atoms with Crippen LogP contribution in [0.5, 0.6) is 0 Å². The number of carbonyl (C=O) groups excluding carboxylic acids is 1. The topological polar surface area (TPSA) is 55.1 Å². The van der Waals surface area contributed by atoms with Crippen LogP contribution in [0.1, 0.15) is 43.5 Å². The number of carbonyl (C=O) groups is 1. The minimum Gasteiger partial charge on any atom is -0.396 e. The van der Waals surface area contributed by atoms with E-state index in [0.717, 1.165) is 12.8 Å². The number of anilines is 1. The van der Waals surface area contributed by atoms with E-state index in [1.165, 1.54) is 24.6 Å². The van der Waals surface area contributed by atoms with Crippen LogP contribution in [0.3, 0.4) is 0 Å².